The van der Waals surface area contributed by atoms with E-state index < -0.39 is 73.3 Å². The number of hydrogen-bond acceptors (Lipinski definition) is 13. The monoisotopic (exact) mass is 636 g/mol. The lowest BCUT2D eigenvalue weighted by Crippen LogP contribution is -2.31. The molecule has 46 heavy (non-hydrogen) atoms. The van der Waals surface area contributed by atoms with Gasteiger partial charge in [0.2, 0.25) is 11.5 Å². The maximum absolute atomic E-state index is 12.7. The Morgan fingerprint density at radius 2 is 1.07 bits per heavy atom. The van der Waals surface area contributed by atoms with Crippen molar-refractivity contribution < 1.29 is 43.9 Å². The summed E-state index contributed by atoms with van der Waals surface area (Å²) in [4.78, 5) is 61.7. The normalized spacial score (nSPS) is 11.1. The van der Waals surface area contributed by atoms with Crippen molar-refractivity contribution in [1.82, 2.24) is 9.80 Å². The van der Waals surface area contributed by atoms with Crippen molar-refractivity contribution in [3.63, 3.8) is 0 Å². The molecule has 2 N–H and O–H groups in total. The molecule has 0 aliphatic carbocycles. The molecule has 17 heteroatoms. The van der Waals surface area contributed by atoms with E-state index in [1.807, 2.05) is 0 Å². The maximum Gasteiger partial charge on any atom is 0.519 e. The van der Waals surface area contributed by atoms with E-state index in [1.165, 1.54) is 9.80 Å². The van der Waals surface area contributed by atoms with Gasteiger partial charge in [-0.05, 0) is 63.1 Å². The molecule has 0 unspecified atom stereocenters. The first-order valence-corrected chi connectivity index (χ1v) is 13.5. The maximum atomic E-state index is 12.7. The van der Waals surface area contributed by atoms with Crippen LogP contribution in [0.15, 0.2) is 35.4 Å². The van der Waals surface area contributed by atoms with Crippen molar-refractivity contribution in [2.75, 3.05) is 26.2 Å². The second-order valence-corrected chi connectivity index (χ2v) is 9.04. The van der Waals surface area contributed by atoms with Gasteiger partial charge in [-0.2, -0.15) is 10.5 Å². The molecule has 2 aromatic rings. The lowest BCUT2D eigenvalue weighted by Gasteiger charge is -2.17. The quantitative estimate of drug-likeness (QED) is 0.0834. The number of phenolic OH excluding ortho intramolecular Hbond substituents is 2. The Bertz CT molecular complexity index is 1590. The van der Waals surface area contributed by atoms with Crippen molar-refractivity contribution in [2.24, 2.45) is 0 Å². The summed E-state index contributed by atoms with van der Waals surface area (Å²) in [5.41, 5.74) is -3.19. The zero-order valence-electron chi connectivity index (χ0n) is 25.0. The van der Waals surface area contributed by atoms with Crippen LogP contribution >= 0.6 is 0 Å². The summed E-state index contributed by atoms with van der Waals surface area (Å²) in [5.74, 6) is -5.38. The summed E-state index contributed by atoms with van der Waals surface area (Å²) in [6.07, 6.45) is 0.210. The Morgan fingerprint density at radius 1 is 0.739 bits per heavy atom. The van der Waals surface area contributed by atoms with E-state index in [2.05, 4.69) is 0 Å². The van der Waals surface area contributed by atoms with Crippen LogP contribution in [0.25, 0.3) is 12.2 Å². The summed E-state index contributed by atoms with van der Waals surface area (Å²) >= 11 is 0. The summed E-state index contributed by atoms with van der Waals surface area (Å²) in [6, 6.07) is 6.79. The summed E-state index contributed by atoms with van der Waals surface area (Å²) in [5, 5.41) is 63.0. The highest BCUT2D eigenvalue weighted by Crippen LogP contribution is 2.40. The third-order valence-corrected chi connectivity index (χ3v) is 6.36. The van der Waals surface area contributed by atoms with Crippen molar-refractivity contribution in [3.05, 3.63) is 66.8 Å². The van der Waals surface area contributed by atoms with Gasteiger partial charge in [-0.1, -0.05) is 0 Å². The van der Waals surface area contributed by atoms with Crippen LogP contribution in [0, 0.1) is 42.9 Å². The predicted octanol–water partition coefficient (Wildman–Crippen LogP) is 4.04. The molecular weight excluding hydrogens is 608 g/mol. The van der Waals surface area contributed by atoms with E-state index in [9.17, 15) is 55.3 Å². The first-order chi connectivity index (χ1) is 21.8. The van der Waals surface area contributed by atoms with E-state index in [0.29, 0.717) is 0 Å². The zero-order valence-corrected chi connectivity index (χ0v) is 25.0. The number of likely N-dealkylation sites (N-methyl/N-ethyl adjacent to an activating group) is 2. The molecule has 0 aliphatic heterocycles. The lowest BCUT2D eigenvalue weighted by molar-refractivity contribution is -0.386. The molecule has 0 radical (unpaired) electrons. The fourth-order valence-corrected chi connectivity index (χ4v) is 4.01. The van der Waals surface area contributed by atoms with Crippen LogP contribution in [0.4, 0.5) is 16.2 Å². The standard InChI is InChI=1S/C29H28N6O11/c1-5-32(6-2)27(38)19(15-30)9-17-11-21(34(41)42)25(36)23(13-17)45-29(40)46-24-14-18(12-22(26(24)37)35(43)44)10-20(16-31)28(39)33(7-3)8-4/h9-14,36-37H,5-8H2,1-4H3. The number of hydrogen-bond donors (Lipinski definition) is 2. The molecule has 0 atom stereocenters. The van der Waals surface area contributed by atoms with Crippen LogP contribution < -0.4 is 9.47 Å². The molecule has 0 aliphatic rings. The second-order valence-electron chi connectivity index (χ2n) is 9.04. The number of rotatable bonds is 12. The van der Waals surface area contributed by atoms with Crippen molar-refractivity contribution in [1.29, 1.82) is 10.5 Å². The Hall–Kier alpha value is -6.49. The minimum absolute atomic E-state index is 0.197. The minimum atomic E-state index is -1.74. The molecule has 0 fully saturated rings. The minimum Gasteiger partial charge on any atom is -0.499 e. The van der Waals surface area contributed by atoms with E-state index in [-0.39, 0.29) is 37.3 Å². The van der Waals surface area contributed by atoms with E-state index >= 15 is 0 Å². The van der Waals surface area contributed by atoms with Crippen LogP contribution in [-0.4, -0.2) is 74.0 Å². The molecule has 2 rings (SSSR count). The van der Waals surface area contributed by atoms with Crippen LogP contribution in [-0.2, 0) is 9.59 Å². The molecule has 0 aromatic heterocycles. The number of nitro groups is 2. The van der Waals surface area contributed by atoms with Crippen LogP contribution in [0.1, 0.15) is 38.8 Å². The third kappa shape index (κ3) is 8.32. The summed E-state index contributed by atoms with van der Waals surface area (Å²) in [7, 11) is 0. The number of nitro benzene ring substituents is 2. The Labute approximate surface area is 261 Å². The average molecular weight is 637 g/mol. The third-order valence-electron chi connectivity index (χ3n) is 6.36. The molecule has 0 saturated carbocycles. The van der Waals surface area contributed by atoms with E-state index in [0.717, 1.165) is 36.4 Å². The molecule has 240 valence electrons. The van der Waals surface area contributed by atoms with Gasteiger partial charge in [-0.3, -0.25) is 29.8 Å². The number of amides is 2. The number of carbonyl (C=O) groups excluding carboxylic acids is 3. The van der Waals surface area contributed by atoms with Gasteiger partial charge in [0.15, 0.2) is 11.5 Å². The molecule has 0 spiro atoms. The molecular formula is C29H28N6O11. The largest absolute Gasteiger partial charge is 0.519 e. The smallest absolute Gasteiger partial charge is 0.499 e. The number of carbonyl (C=O) groups is 3. The highest BCUT2D eigenvalue weighted by molar-refractivity contribution is 6.02. The molecule has 0 bridgehead atoms. The average Bonchev–Trinajstić information content (AvgIpc) is 3.01. The van der Waals surface area contributed by atoms with Gasteiger partial charge in [0.25, 0.3) is 11.8 Å². The topological polar surface area (TPSA) is 250 Å². The fraction of sp³-hybridized carbons (Fsp3) is 0.276. The summed E-state index contributed by atoms with van der Waals surface area (Å²) in [6.45, 7) is 7.73. The number of nitriles is 2. The van der Waals surface area contributed by atoms with Crippen molar-refractivity contribution in [3.8, 4) is 35.1 Å². The molecule has 17 nitrogen and oxygen atoms in total. The SMILES string of the molecule is CCN(CC)C(=O)C(C#N)=Cc1cc(OC(=O)Oc2cc(C=C(C#N)C(=O)N(CC)CC)cc([N+](=O)[O-])c2O)c(O)c([N+](=O)[O-])c1. The predicted molar refractivity (Wildman–Crippen MR) is 159 cm³/mol. The van der Waals surface area contributed by atoms with Crippen molar-refractivity contribution in [2.45, 2.75) is 27.7 Å². The molecule has 0 heterocycles. The van der Waals surface area contributed by atoms with Gasteiger partial charge in [-0.25, -0.2) is 4.79 Å². The van der Waals surface area contributed by atoms with Gasteiger partial charge >= 0.3 is 17.5 Å². The van der Waals surface area contributed by atoms with Crippen LogP contribution in [0.5, 0.6) is 23.0 Å². The zero-order chi connectivity index (χ0) is 34.7. The Kier molecular flexibility index (Phi) is 12.3. The number of aromatic hydroxyl groups is 2. The Balaban J connectivity index is 2.58. The van der Waals surface area contributed by atoms with Crippen LogP contribution in [0.3, 0.4) is 0 Å². The Morgan fingerprint density at radius 3 is 1.33 bits per heavy atom. The molecule has 2 amide bonds. The molecule has 0 saturated heterocycles. The first kappa shape index (κ1) is 35.7. The highest BCUT2D eigenvalue weighted by Gasteiger charge is 2.27. The van der Waals surface area contributed by atoms with Gasteiger partial charge in [0, 0.05) is 38.3 Å². The van der Waals surface area contributed by atoms with Gasteiger partial charge < -0.3 is 29.5 Å². The van der Waals surface area contributed by atoms with Gasteiger partial charge in [0.1, 0.15) is 23.3 Å². The number of phenols is 2. The number of nitrogens with zero attached hydrogens (tertiary/aromatic N) is 6. The summed E-state index contributed by atoms with van der Waals surface area (Å²) < 4.78 is 9.82. The lowest BCUT2D eigenvalue weighted by atomic mass is 10.1. The fourth-order valence-electron chi connectivity index (χ4n) is 4.01. The number of ether oxygens (including phenoxy) is 2. The van der Waals surface area contributed by atoms with Gasteiger partial charge in [0.05, 0.1) is 9.85 Å². The van der Waals surface area contributed by atoms with Gasteiger partial charge in [-0.15, -0.1) is 0 Å². The second kappa shape index (κ2) is 15.8. The highest BCUT2D eigenvalue weighted by atomic mass is 16.7. The van der Waals surface area contributed by atoms with E-state index in [4.69, 9.17) is 9.47 Å². The van der Waals surface area contributed by atoms with E-state index in [1.54, 1.807) is 39.8 Å². The number of benzene rings is 2. The van der Waals surface area contributed by atoms with Crippen molar-refractivity contribution >= 4 is 41.5 Å². The first-order valence-electron chi connectivity index (χ1n) is 13.5. The molecule has 2 aromatic carbocycles. The van der Waals surface area contributed by atoms with Crippen LogP contribution in [0.2, 0.25) is 0 Å².